The van der Waals surface area contributed by atoms with Gasteiger partial charge in [-0.2, -0.15) is 0 Å². The van der Waals surface area contributed by atoms with Gasteiger partial charge in [-0.1, -0.05) is 0 Å². The van der Waals surface area contributed by atoms with Crippen LogP contribution in [0.1, 0.15) is 25.7 Å². The number of rotatable bonds is 12. The van der Waals surface area contributed by atoms with Gasteiger partial charge in [-0.3, -0.25) is 33.3 Å². The maximum atomic E-state index is 13.7. The Balaban J connectivity index is 2.62. The number of carbonyl (C=O) groups is 7. The minimum atomic E-state index is -5.28. The van der Waals surface area contributed by atoms with Gasteiger partial charge in [0.2, 0.25) is 29.5 Å². The molecular weight excluding hydrogens is 721 g/mol. The van der Waals surface area contributed by atoms with Crippen molar-refractivity contribution >= 4 is 55.3 Å². The zero-order chi connectivity index (χ0) is 39.2. The molecule has 20 N–H and O–H groups in total. The summed E-state index contributed by atoms with van der Waals surface area (Å²) in [5.74, 6) is -7.40. The number of hydrogen-bond donors (Lipinski definition) is 16. The molecule has 52 heavy (non-hydrogen) atoms. The molecule has 0 radical (unpaired) electrons. The topological polar surface area (TPSA) is 439 Å². The van der Waals surface area contributed by atoms with Crippen molar-refractivity contribution in [3.8, 4) is 0 Å². The summed E-state index contributed by atoms with van der Waals surface area (Å²) in [7, 11) is -5.28. The number of carbonyl (C=O) groups excluding carboxylic acids is 7. The van der Waals surface area contributed by atoms with Gasteiger partial charge in [0.15, 0.2) is 12.2 Å². The van der Waals surface area contributed by atoms with E-state index in [2.05, 4.69) is 36.1 Å². The van der Waals surface area contributed by atoms with Gasteiger partial charge >= 0.3 is 13.9 Å². The molecule has 7 atom stereocenters. The molecule has 0 aromatic rings. The second-order valence-electron chi connectivity index (χ2n) is 11.3. The van der Waals surface area contributed by atoms with Gasteiger partial charge in [-0.05, 0) is 19.4 Å². The molecule has 8 amide bonds. The van der Waals surface area contributed by atoms with Crippen LogP contribution in [0, 0.1) is 0 Å². The number of guanidine groups is 1. The van der Waals surface area contributed by atoms with Gasteiger partial charge in [-0.25, -0.2) is 14.4 Å². The second-order valence-corrected chi connectivity index (χ2v) is 12.6. The molecule has 0 bridgehead atoms. The van der Waals surface area contributed by atoms with Crippen LogP contribution >= 0.6 is 7.82 Å². The predicted octanol–water partition coefficient (Wildman–Crippen LogP) is -8.77. The highest BCUT2D eigenvalue weighted by atomic mass is 31.2. The molecule has 0 aromatic carbocycles. The van der Waals surface area contributed by atoms with E-state index in [9.17, 15) is 58.1 Å². The zero-order valence-corrected chi connectivity index (χ0v) is 28.3. The third kappa shape index (κ3) is 14.7. The molecule has 2 rings (SSSR count). The monoisotopic (exact) mass is 765 g/mol. The number of amides is 8. The van der Waals surface area contributed by atoms with E-state index in [0.29, 0.717) is 19.0 Å². The first-order valence-corrected chi connectivity index (χ1v) is 17.0. The molecule has 0 aromatic heterocycles. The van der Waals surface area contributed by atoms with Crippen molar-refractivity contribution in [2.75, 3.05) is 26.3 Å². The van der Waals surface area contributed by atoms with E-state index in [1.165, 1.54) is 0 Å². The van der Waals surface area contributed by atoms with Gasteiger partial charge in [0.25, 0.3) is 5.91 Å². The minimum Gasteiger partial charge on any atom is -0.394 e. The van der Waals surface area contributed by atoms with E-state index in [1.54, 1.807) is 0 Å². The number of hydrogen-bond acceptors (Lipinski definition) is 16. The van der Waals surface area contributed by atoms with Crippen LogP contribution in [0.25, 0.3) is 0 Å². The number of primary amides is 1. The van der Waals surface area contributed by atoms with Crippen molar-refractivity contribution < 1.29 is 62.7 Å². The number of urea groups is 1. The number of nitrogens with two attached hydrogens (primary N) is 4. The van der Waals surface area contributed by atoms with E-state index < -0.39 is 117 Å². The molecule has 7 unspecified atom stereocenters. The van der Waals surface area contributed by atoms with Crippen LogP contribution < -0.4 is 65.5 Å². The SMILES string of the molecule is NCCCC(N)CC(=O)NC1CNC(=O)C(C2CC(O)N=C(N)N2)NC(=O)C(=CNC(N)=O)NC(=O)C(CO)NC(=O)C(COP(=O)(O)O)NC1=O. The lowest BCUT2D eigenvalue weighted by Crippen LogP contribution is -2.65. The van der Waals surface area contributed by atoms with Crippen LogP contribution in [0.5, 0.6) is 0 Å². The van der Waals surface area contributed by atoms with E-state index >= 15 is 0 Å². The number of aliphatic imine (C=N–C) groups is 1. The highest BCUT2D eigenvalue weighted by molar-refractivity contribution is 7.46. The lowest BCUT2D eigenvalue weighted by atomic mass is 10.0. The van der Waals surface area contributed by atoms with Gasteiger partial charge in [0, 0.05) is 31.6 Å². The molecule has 2 aliphatic heterocycles. The number of phosphoric acid groups is 1. The summed E-state index contributed by atoms with van der Waals surface area (Å²) in [5, 5.41) is 37.7. The van der Waals surface area contributed by atoms with Gasteiger partial charge < -0.3 is 85.5 Å². The summed E-state index contributed by atoms with van der Waals surface area (Å²) in [6, 6.07) is -10.5. The highest BCUT2D eigenvalue weighted by Crippen LogP contribution is 2.35. The molecular formula is C25H44N13O13P. The van der Waals surface area contributed by atoms with Crippen LogP contribution in [0.15, 0.2) is 16.9 Å². The fraction of sp³-hybridized carbons (Fsp3) is 0.600. The first-order valence-electron chi connectivity index (χ1n) is 15.4. The average molecular weight is 766 g/mol. The molecule has 2 aliphatic rings. The van der Waals surface area contributed by atoms with Crippen molar-refractivity contribution in [3.05, 3.63) is 11.9 Å². The van der Waals surface area contributed by atoms with Crippen LogP contribution in [0.2, 0.25) is 0 Å². The predicted molar refractivity (Wildman–Crippen MR) is 175 cm³/mol. The molecule has 27 heteroatoms. The Morgan fingerprint density at radius 2 is 1.71 bits per heavy atom. The number of phosphoric ester groups is 1. The molecule has 0 aliphatic carbocycles. The van der Waals surface area contributed by atoms with Crippen molar-refractivity contribution in [1.82, 2.24) is 42.5 Å². The summed E-state index contributed by atoms with van der Waals surface area (Å²) in [5.41, 5.74) is 21.4. The Hall–Kier alpha value is -4.95. The molecule has 292 valence electrons. The van der Waals surface area contributed by atoms with E-state index in [-0.39, 0.29) is 25.3 Å². The Kier molecular flexibility index (Phi) is 16.8. The molecule has 1 saturated heterocycles. The third-order valence-electron chi connectivity index (χ3n) is 7.14. The van der Waals surface area contributed by atoms with Gasteiger partial charge in [-0.15, -0.1) is 0 Å². The maximum Gasteiger partial charge on any atom is 0.469 e. The zero-order valence-electron chi connectivity index (χ0n) is 27.4. The van der Waals surface area contributed by atoms with Crippen LogP contribution in [-0.4, -0.2) is 136 Å². The lowest BCUT2D eigenvalue weighted by Gasteiger charge is -2.33. The fourth-order valence-electron chi connectivity index (χ4n) is 4.62. The summed E-state index contributed by atoms with van der Waals surface area (Å²) in [6.45, 7) is -2.84. The number of aliphatic hydroxyl groups is 2. The molecule has 0 saturated carbocycles. The van der Waals surface area contributed by atoms with E-state index in [4.69, 9.17) is 22.9 Å². The van der Waals surface area contributed by atoms with Crippen LogP contribution in [-0.2, 0) is 37.9 Å². The summed E-state index contributed by atoms with van der Waals surface area (Å²) < 4.78 is 15.8. The first kappa shape index (κ1) is 43.2. The lowest BCUT2D eigenvalue weighted by molar-refractivity contribution is -0.135. The van der Waals surface area contributed by atoms with E-state index in [1.807, 2.05) is 16.0 Å². The van der Waals surface area contributed by atoms with Crippen molar-refractivity contribution in [2.24, 2.45) is 27.9 Å². The number of aliphatic hydroxyl groups excluding tert-OH is 2. The number of nitrogens with zero attached hydrogens (tertiary/aromatic N) is 1. The van der Waals surface area contributed by atoms with Crippen molar-refractivity contribution in [3.63, 3.8) is 0 Å². The van der Waals surface area contributed by atoms with Crippen molar-refractivity contribution in [2.45, 2.75) is 68.2 Å². The Morgan fingerprint density at radius 1 is 1.04 bits per heavy atom. The Bertz CT molecular complexity index is 1460. The van der Waals surface area contributed by atoms with Crippen molar-refractivity contribution in [1.29, 1.82) is 0 Å². The fourth-order valence-corrected chi connectivity index (χ4v) is 4.97. The standard InChI is InChI=1S/C25H44N13O13P/c26-3-1-2-10(27)4-16(40)32-12-6-30-23(46)18(11-5-17(41)37-24(28)36-11)38-20(43)13(7-31-25(29)47)33-21(44)14(8-39)34-22(45)15(35-19(12)42)9-51-52(48,49)50/h7,10-12,14-15,17-18,39,41H,1-6,8-9,26-27H2,(H,30,46)(H,32,40)(H,33,44)(H,34,45)(H,35,42)(H,38,43)(H3,28,36,37)(H3,29,31,47)(H2,48,49,50). The Morgan fingerprint density at radius 3 is 2.31 bits per heavy atom. The summed E-state index contributed by atoms with van der Waals surface area (Å²) in [6.07, 6.45) is -0.691. The van der Waals surface area contributed by atoms with Gasteiger partial charge in [0.05, 0.1) is 19.3 Å². The molecule has 1 fully saturated rings. The summed E-state index contributed by atoms with van der Waals surface area (Å²) in [4.78, 5) is 113. The first-order chi connectivity index (χ1) is 24.3. The number of nitrogens with one attached hydrogen (secondary N) is 8. The smallest absolute Gasteiger partial charge is 0.394 e. The molecule has 0 spiro atoms. The minimum absolute atomic E-state index is 0.284. The largest absolute Gasteiger partial charge is 0.469 e. The quantitative estimate of drug-likeness (QED) is 0.0648. The molecule has 26 nitrogen and oxygen atoms in total. The van der Waals surface area contributed by atoms with Crippen LogP contribution in [0.4, 0.5) is 4.79 Å². The molecule has 2 heterocycles. The second kappa shape index (κ2) is 20.2. The maximum absolute atomic E-state index is 13.7. The average Bonchev–Trinajstić information content (AvgIpc) is 3.04. The normalized spacial score (nSPS) is 26.7. The van der Waals surface area contributed by atoms with Gasteiger partial charge in [0.1, 0.15) is 29.9 Å². The van der Waals surface area contributed by atoms with E-state index in [0.717, 1.165) is 0 Å². The third-order valence-corrected chi connectivity index (χ3v) is 7.62. The van der Waals surface area contributed by atoms with Crippen LogP contribution in [0.3, 0.4) is 0 Å². The summed E-state index contributed by atoms with van der Waals surface area (Å²) >= 11 is 0. The highest BCUT2D eigenvalue weighted by Gasteiger charge is 2.37. The Labute approximate surface area is 294 Å².